The highest BCUT2D eigenvalue weighted by Gasteiger charge is 2.35. The first-order valence-corrected chi connectivity index (χ1v) is 8.54. The lowest BCUT2D eigenvalue weighted by molar-refractivity contribution is 0.0693. The SMILES string of the molecule is CN1C(=O)c2ccc(S(=O)(=O)N3CCCNCC3)cc2C1=O.Cl. The van der Waals surface area contributed by atoms with E-state index in [0.29, 0.717) is 19.6 Å². The number of rotatable bonds is 2. The van der Waals surface area contributed by atoms with Crippen molar-refractivity contribution in [1.82, 2.24) is 14.5 Å². The highest BCUT2D eigenvalue weighted by atomic mass is 35.5. The van der Waals surface area contributed by atoms with E-state index >= 15 is 0 Å². The smallest absolute Gasteiger partial charge is 0.261 e. The van der Waals surface area contributed by atoms with Gasteiger partial charge in [-0.05, 0) is 31.2 Å². The normalized spacial score (nSPS) is 19.3. The Kier molecular flexibility index (Phi) is 5.10. The second-order valence-corrected chi connectivity index (χ2v) is 7.32. The molecule has 1 aromatic rings. The molecule has 2 heterocycles. The number of sulfonamides is 1. The van der Waals surface area contributed by atoms with Crippen molar-refractivity contribution in [1.29, 1.82) is 0 Å². The molecular formula is C14H18ClN3O4S. The average Bonchev–Trinajstić information content (AvgIpc) is 2.75. The first-order chi connectivity index (χ1) is 10.4. The van der Waals surface area contributed by atoms with E-state index in [1.807, 2.05) is 0 Å². The van der Waals surface area contributed by atoms with Crippen LogP contribution in [-0.4, -0.2) is 62.7 Å². The van der Waals surface area contributed by atoms with Gasteiger partial charge in [-0.3, -0.25) is 14.5 Å². The number of carbonyl (C=O) groups is 2. The van der Waals surface area contributed by atoms with Crippen LogP contribution in [0.1, 0.15) is 27.1 Å². The average molecular weight is 360 g/mol. The first kappa shape index (κ1) is 17.9. The molecule has 23 heavy (non-hydrogen) atoms. The largest absolute Gasteiger partial charge is 0.315 e. The zero-order chi connectivity index (χ0) is 15.9. The van der Waals surface area contributed by atoms with Crippen molar-refractivity contribution >= 4 is 34.2 Å². The molecule has 1 fully saturated rings. The van der Waals surface area contributed by atoms with Crippen LogP contribution in [0, 0.1) is 0 Å². The molecule has 2 amide bonds. The molecular weight excluding hydrogens is 342 g/mol. The molecule has 7 nitrogen and oxygen atoms in total. The van der Waals surface area contributed by atoms with Crippen LogP contribution in [0.5, 0.6) is 0 Å². The summed E-state index contributed by atoms with van der Waals surface area (Å²) in [6.45, 7) is 2.23. The predicted molar refractivity (Wildman–Crippen MR) is 86.4 cm³/mol. The van der Waals surface area contributed by atoms with Gasteiger partial charge in [0, 0.05) is 26.7 Å². The van der Waals surface area contributed by atoms with E-state index in [4.69, 9.17) is 0 Å². The minimum absolute atomic E-state index is 0. The van der Waals surface area contributed by atoms with Gasteiger partial charge >= 0.3 is 0 Å². The molecule has 0 spiro atoms. The molecule has 0 radical (unpaired) electrons. The van der Waals surface area contributed by atoms with E-state index in [0.717, 1.165) is 17.9 Å². The summed E-state index contributed by atoms with van der Waals surface area (Å²) in [7, 11) is -2.27. The first-order valence-electron chi connectivity index (χ1n) is 7.10. The summed E-state index contributed by atoms with van der Waals surface area (Å²) in [4.78, 5) is 24.9. The van der Waals surface area contributed by atoms with E-state index < -0.39 is 21.8 Å². The van der Waals surface area contributed by atoms with Crippen LogP contribution < -0.4 is 5.32 Å². The van der Waals surface area contributed by atoms with Gasteiger partial charge in [0.05, 0.1) is 16.0 Å². The lowest BCUT2D eigenvalue weighted by Crippen LogP contribution is -2.34. The number of hydrogen-bond acceptors (Lipinski definition) is 5. The van der Waals surface area contributed by atoms with Crippen molar-refractivity contribution in [3.63, 3.8) is 0 Å². The number of imide groups is 1. The Bertz CT molecular complexity index is 742. The highest BCUT2D eigenvalue weighted by molar-refractivity contribution is 7.89. The molecule has 0 unspecified atom stereocenters. The molecule has 2 aliphatic rings. The van der Waals surface area contributed by atoms with Crippen molar-refractivity contribution < 1.29 is 18.0 Å². The van der Waals surface area contributed by atoms with E-state index in [-0.39, 0.29) is 28.4 Å². The number of halogens is 1. The number of fused-ring (bicyclic) bond motifs is 1. The molecule has 1 N–H and O–H groups in total. The van der Waals surface area contributed by atoms with Crippen LogP contribution in [0.25, 0.3) is 0 Å². The van der Waals surface area contributed by atoms with Gasteiger partial charge in [0.1, 0.15) is 0 Å². The lowest BCUT2D eigenvalue weighted by atomic mass is 10.1. The molecule has 0 aromatic heterocycles. The third-order valence-corrected chi connectivity index (χ3v) is 5.89. The summed E-state index contributed by atoms with van der Waals surface area (Å²) in [5.74, 6) is -0.863. The molecule has 3 rings (SSSR count). The molecule has 0 atom stereocenters. The van der Waals surface area contributed by atoms with Crippen molar-refractivity contribution in [2.45, 2.75) is 11.3 Å². The highest BCUT2D eigenvalue weighted by Crippen LogP contribution is 2.26. The molecule has 126 valence electrons. The van der Waals surface area contributed by atoms with E-state index in [1.54, 1.807) is 0 Å². The Labute approximate surface area is 141 Å². The molecule has 0 aliphatic carbocycles. The Balaban J connectivity index is 0.00000192. The maximum Gasteiger partial charge on any atom is 0.261 e. The molecule has 0 saturated carbocycles. The summed E-state index contributed by atoms with van der Waals surface area (Å²) in [6, 6.07) is 4.13. The number of nitrogens with one attached hydrogen (secondary N) is 1. The van der Waals surface area contributed by atoms with Crippen LogP contribution in [-0.2, 0) is 10.0 Å². The fraction of sp³-hybridized carbons (Fsp3) is 0.429. The molecule has 1 aromatic carbocycles. The third kappa shape index (κ3) is 2.99. The number of amides is 2. The van der Waals surface area contributed by atoms with E-state index in [9.17, 15) is 18.0 Å². The van der Waals surface area contributed by atoms with Crippen LogP contribution in [0.15, 0.2) is 23.1 Å². The van der Waals surface area contributed by atoms with Crippen molar-refractivity contribution in [3.05, 3.63) is 29.3 Å². The summed E-state index contributed by atoms with van der Waals surface area (Å²) < 4.78 is 26.8. The van der Waals surface area contributed by atoms with Gasteiger partial charge < -0.3 is 5.32 Å². The van der Waals surface area contributed by atoms with E-state index in [1.165, 1.54) is 29.6 Å². The Hall–Kier alpha value is -1.48. The maximum atomic E-state index is 12.7. The molecule has 1 saturated heterocycles. The van der Waals surface area contributed by atoms with E-state index in [2.05, 4.69) is 5.32 Å². The Morgan fingerprint density at radius 2 is 1.74 bits per heavy atom. The third-order valence-electron chi connectivity index (χ3n) is 4.00. The monoisotopic (exact) mass is 359 g/mol. The van der Waals surface area contributed by atoms with Crippen molar-refractivity contribution in [2.75, 3.05) is 33.2 Å². The van der Waals surface area contributed by atoms with Gasteiger partial charge in [-0.1, -0.05) is 0 Å². The fourth-order valence-electron chi connectivity index (χ4n) is 2.71. The molecule has 9 heteroatoms. The topological polar surface area (TPSA) is 86.8 Å². The predicted octanol–water partition coefficient (Wildman–Crippen LogP) is 0.318. The molecule has 2 aliphatic heterocycles. The number of benzene rings is 1. The lowest BCUT2D eigenvalue weighted by Gasteiger charge is -2.19. The van der Waals surface area contributed by atoms with Gasteiger partial charge in [0.25, 0.3) is 11.8 Å². The van der Waals surface area contributed by atoms with Crippen LogP contribution in [0.3, 0.4) is 0 Å². The van der Waals surface area contributed by atoms with Crippen LogP contribution in [0.4, 0.5) is 0 Å². The maximum absolute atomic E-state index is 12.7. The summed E-state index contributed by atoms with van der Waals surface area (Å²) in [5, 5.41) is 3.15. The molecule has 0 bridgehead atoms. The minimum Gasteiger partial charge on any atom is -0.315 e. The zero-order valence-corrected chi connectivity index (χ0v) is 14.2. The van der Waals surface area contributed by atoms with Gasteiger partial charge in [0.2, 0.25) is 10.0 Å². The number of nitrogens with zero attached hydrogens (tertiary/aromatic N) is 2. The van der Waals surface area contributed by atoms with Gasteiger partial charge in [-0.25, -0.2) is 8.42 Å². The van der Waals surface area contributed by atoms with Crippen molar-refractivity contribution in [3.8, 4) is 0 Å². The van der Waals surface area contributed by atoms with Crippen molar-refractivity contribution in [2.24, 2.45) is 0 Å². The van der Waals surface area contributed by atoms with Gasteiger partial charge in [-0.15, -0.1) is 12.4 Å². The van der Waals surface area contributed by atoms with Gasteiger partial charge in [0.15, 0.2) is 0 Å². The summed E-state index contributed by atoms with van der Waals surface area (Å²) in [5.41, 5.74) is 0.408. The minimum atomic E-state index is -3.65. The number of carbonyl (C=O) groups excluding carboxylic acids is 2. The summed E-state index contributed by atoms with van der Waals surface area (Å²) in [6.07, 6.45) is 0.740. The van der Waals surface area contributed by atoms with Crippen LogP contribution in [0.2, 0.25) is 0 Å². The second-order valence-electron chi connectivity index (χ2n) is 5.38. The standard InChI is InChI=1S/C14H17N3O4S.ClH/c1-16-13(18)11-4-3-10(9-12(11)14(16)19)22(20,21)17-7-2-5-15-6-8-17;/h3-4,9,15H,2,5-8H2,1H3;1H. The summed E-state index contributed by atoms with van der Waals surface area (Å²) >= 11 is 0. The second kappa shape index (κ2) is 6.56. The number of hydrogen-bond donors (Lipinski definition) is 1. The Morgan fingerprint density at radius 3 is 2.48 bits per heavy atom. The fourth-order valence-corrected chi connectivity index (χ4v) is 4.22. The zero-order valence-electron chi connectivity index (χ0n) is 12.6. The quantitative estimate of drug-likeness (QED) is 0.768. The van der Waals surface area contributed by atoms with Crippen LogP contribution >= 0.6 is 12.4 Å². The Morgan fingerprint density at radius 1 is 1.04 bits per heavy atom. The van der Waals surface area contributed by atoms with Gasteiger partial charge in [-0.2, -0.15) is 4.31 Å².